The SMILES string of the molecule is CC(=O)NC(COC(C)=O)Cc1ccc([N+](=O)[O-])cc1. The van der Waals surface area contributed by atoms with E-state index in [2.05, 4.69) is 5.32 Å². The van der Waals surface area contributed by atoms with Gasteiger partial charge in [0.25, 0.3) is 5.69 Å². The number of hydrogen-bond acceptors (Lipinski definition) is 5. The van der Waals surface area contributed by atoms with Gasteiger partial charge in [-0.2, -0.15) is 0 Å². The topological polar surface area (TPSA) is 98.5 Å². The lowest BCUT2D eigenvalue weighted by Gasteiger charge is -2.17. The van der Waals surface area contributed by atoms with E-state index in [4.69, 9.17) is 4.74 Å². The van der Waals surface area contributed by atoms with E-state index in [-0.39, 0.29) is 24.2 Å². The number of nitro benzene ring substituents is 1. The molecule has 0 heterocycles. The van der Waals surface area contributed by atoms with Crippen molar-refractivity contribution >= 4 is 17.6 Å². The number of nitro groups is 1. The average Bonchev–Trinajstić information content (AvgIpc) is 2.36. The number of esters is 1. The monoisotopic (exact) mass is 280 g/mol. The molecule has 1 amide bonds. The Kier molecular flexibility index (Phi) is 5.64. The highest BCUT2D eigenvalue weighted by Crippen LogP contribution is 2.13. The first-order valence-electron chi connectivity index (χ1n) is 6.02. The molecule has 0 aromatic heterocycles. The number of hydrogen-bond donors (Lipinski definition) is 1. The van der Waals surface area contributed by atoms with Gasteiger partial charge in [-0.15, -0.1) is 0 Å². The number of ether oxygens (including phenoxy) is 1. The van der Waals surface area contributed by atoms with Crippen molar-refractivity contribution in [1.82, 2.24) is 5.32 Å². The first-order valence-corrected chi connectivity index (χ1v) is 6.02. The van der Waals surface area contributed by atoms with Crippen LogP contribution in [-0.2, 0) is 20.7 Å². The van der Waals surface area contributed by atoms with E-state index in [1.165, 1.54) is 26.0 Å². The summed E-state index contributed by atoms with van der Waals surface area (Å²) >= 11 is 0. The zero-order valence-electron chi connectivity index (χ0n) is 11.3. The summed E-state index contributed by atoms with van der Waals surface area (Å²) in [5.74, 6) is -0.659. The molecule has 0 bridgehead atoms. The molecule has 1 atom stereocenters. The van der Waals surface area contributed by atoms with E-state index in [1.807, 2.05) is 0 Å². The Morgan fingerprint density at radius 1 is 1.30 bits per heavy atom. The van der Waals surface area contributed by atoms with Crippen LogP contribution in [0.4, 0.5) is 5.69 Å². The van der Waals surface area contributed by atoms with Crippen LogP contribution in [-0.4, -0.2) is 29.4 Å². The molecule has 1 aromatic carbocycles. The van der Waals surface area contributed by atoms with Crippen LogP contribution >= 0.6 is 0 Å². The highest BCUT2D eigenvalue weighted by atomic mass is 16.6. The molecule has 1 N–H and O–H groups in total. The van der Waals surface area contributed by atoms with Crippen molar-refractivity contribution in [1.29, 1.82) is 0 Å². The third kappa shape index (κ3) is 5.47. The quantitative estimate of drug-likeness (QED) is 0.479. The minimum atomic E-state index is -0.478. The highest BCUT2D eigenvalue weighted by Gasteiger charge is 2.13. The van der Waals surface area contributed by atoms with Crippen molar-refractivity contribution in [3.63, 3.8) is 0 Å². The van der Waals surface area contributed by atoms with Crippen LogP contribution in [0.15, 0.2) is 24.3 Å². The number of nitrogens with zero attached hydrogens (tertiary/aromatic N) is 1. The number of carbonyl (C=O) groups excluding carboxylic acids is 2. The normalized spacial score (nSPS) is 11.5. The molecule has 1 rings (SSSR count). The predicted molar refractivity (Wildman–Crippen MR) is 71.0 cm³/mol. The Hall–Kier alpha value is -2.44. The summed E-state index contributed by atoms with van der Waals surface area (Å²) in [6.07, 6.45) is 0.421. The summed E-state index contributed by atoms with van der Waals surface area (Å²) in [4.78, 5) is 32.0. The molecular formula is C13H16N2O5. The Balaban J connectivity index is 2.69. The summed E-state index contributed by atoms with van der Waals surface area (Å²) in [5.41, 5.74) is 0.811. The summed E-state index contributed by atoms with van der Waals surface area (Å²) in [6.45, 7) is 2.72. The molecule has 7 nitrogen and oxygen atoms in total. The maximum absolute atomic E-state index is 11.1. The van der Waals surface area contributed by atoms with E-state index < -0.39 is 10.9 Å². The van der Waals surface area contributed by atoms with Crippen LogP contribution < -0.4 is 5.32 Å². The predicted octanol–water partition coefficient (Wildman–Crippen LogP) is 1.21. The van der Waals surface area contributed by atoms with Gasteiger partial charge in [0.05, 0.1) is 11.0 Å². The lowest BCUT2D eigenvalue weighted by atomic mass is 10.1. The molecule has 0 fully saturated rings. The van der Waals surface area contributed by atoms with Crippen molar-refractivity contribution in [2.45, 2.75) is 26.3 Å². The fourth-order valence-corrected chi connectivity index (χ4v) is 1.70. The Bertz CT molecular complexity index is 498. The lowest BCUT2D eigenvalue weighted by Crippen LogP contribution is -2.39. The summed E-state index contributed by atoms with van der Waals surface area (Å²) in [6, 6.07) is 5.65. The van der Waals surface area contributed by atoms with E-state index in [0.29, 0.717) is 6.42 Å². The van der Waals surface area contributed by atoms with Crippen molar-refractivity contribution in [3.8, 4) is 0 Å². The van der Waals surface area contributed by atoms with Crippen molar-refractivity contribution < 1.29 is 19.2 Å². The van der Waals surface area contributed by atoms with Crippen LogP contribution in [0, 0.1) is 10.1 Å². The molecule has 0 aliphatic carbocycles. The van der Waals surface area contributed by atoms with E-state index >= 15 is 0 Å². The fourth-order valence-electron chi connectivity index (χ4n) is 1.70. The summed E-state index contributed by atoms with van der Waals surface area (Å²) in [5, 5.41) is 13.2. The van der Waals surface area contributed by atoms with Gasteiger partial charge in [-0.25, -0.2) is 0 Å². The van der Waals surface area contributed by atoms with Gasteiger partial charge in [0.15, 0.2) is 0 Å². The first kappa shape index (κ1) is 15.6. The van der Waals surface area contributed by atoms with Gasteiger partial charge in [0, 0.05) is 26.0 Å². The molecule has 1 aromatic rings. The maximum atomic E-state index is 11.1. The molecule has 1 unspecified atom stereocenters. The second kappa shape index (κ2) is 7.22. The second-order valence-corrected chi connectivity index (χ2v) is 4.33. The number of amides is 1. The zero-order valence-corrected chi connectivity index (χ0v) is 11.3. The molecule has 20 heavy (non-hydrogen) atoms. The van der Waals surface area contributed by atoms with Crippen LogP contribution in [0.2, 0.25) is 0 Å². The molecule has 0 saturated heterocycles. The summed E-state index contributed by atoms with van der Waals surface area (Å²) in [7, 11) is 0. The van der Waals surface area contributed by atoms with Gasteiger partial charge in [-0.3, -0.25) is 19.7 Å². The van der Waals surface area contributed by atoms with Crippen molar-refractivity contribution in [2.24, 2.45) is 0 Å². The molecule has 0 radical (unpaired) electrons. The third-order valence-corrected chi connectivity index (χ3v) is 2.52. The highest BCUT2D eigenvalue weighted by molar-refractivity contribution is 5.73. The van der Waals surface area contributed by atoms with Crippen molar-refractivity contribution in [2.75, 3.05) is 6.61 Å². The average molecular weight is 280 g/mol. The van der Waals surface area contributed by atoms with E-state index in [1.54, 1.807) is 12.1 Å². The number of carbonyl (C=O) groups is 2. The third-order valence-electron chi connectivity index (χ3n) is 2.52. The number of nitrogens with one attached hydrogen (secondary N) is 1. The molecule has 0 aliphatic rings. The zero-order chi connectivity index (χ0) is 15.1. The smallest absolute Gasteiger partial charge is 0.302 e. The number of benzene rings is 1. The standard InChI is InChI=1S/C13H16N2O5/c1-9(16)14-12(8-20-10(2)17)7-11-3-5-13(6-4-11)15(18)19/h3-6,12H,7-8H2,1-2H3,(H,14,16). The number of non-ortho nitro benzene ring substituents is 1. The largest absolute Gasteiger partial charge is 0.464 e. The van der Waals surface area contributed by atoms with Gasteiger partial charge >= 0.3 is 5.97 Å². The molecule has 7 heteroatoms. The van der Waals surface area contributed by atoms with Gasteiger partial charge < -0.3 is 10.1 Å². The van der Waals surface area contributed by atoms with Crippen molar-refractivity contribution in [3.05, 3.63) is 39.9 Å². The minimum absolute atomic E-state index is 0.00446. The van der Waals surface area contributed by atoms with Gasteiger partial charge in [-0.05, 0) is 12.0 Å². The van der Waals surface area contributed by atoms with Crippen LogP contribution in [0.3, 0.4) is 0 Å². The van der Waals surface area contributed by atoms with Gasteiger partial charge in [-0.1, -0.05) is 12.1 Å². The molecule has 0 spiro atoms. The number of rotatable bonds is 6. The van der Waals surface area contributed by atoms with Crippen LogP contribution in [0.25, 0.3) is 0 Å². The van der Waals surface area contributed by atoms with E-state index in [9.17, 15) is 19.7 Å². The fraction of sp³-hybridized carbons (Fsp3) is 0.385. The van der Waals surface area contributed by atoms with E-state index in [0.717, 1.165) is 5.56 Å². The minimum Gasteiger partial charge on any atom is -0.464 e. The molecule has 108 valence electrons. The lowest BCUT2D eigenvalue weighted by molar-refractivity contribution is -0.384. The Morgan fingerprint density at radius 3 is 2.35 bits per heavy atom. The first-order chi connectivity index (χ1) is 9.38. The Labute approximate surface area is 116 Å². The van der Waals surface area contributed by atoms with Crippen LogP contribution in [0.1, 0.15) is 19.4 Å². The summed E-state index contributed by atoms with van der Waals surface area (Å²) < 4.78 is 4.88. The van der Waals surface area contributed by atoms with Crippen LogP contribution in [0.5, 0.6) is 0 Å². The second-order valence-electron chi connectivity index (χ2n) is 4.33. The molecule has 0 saturated carbocycles. The Morgan fingerprint density at radius 2 is 1.90 bits per heavy atom. The van der Waals surface area contributed by atoms with Gasteiger partial charge in [0.2, 0.25) is 5.91 Å². The molecule has 0 aliphatic heterocycles. The maximum Gasteiger partial charge on any atom is 0.302 e. The van der Waals surface area contributed by atoms with Gasteiger partial charge in [0.1, 0.15) is 6.61 Å². The molecular weight excluding hydrogens is 264 g/mol.